The summed E-state index contributed by atoms with van der Waals surface area (Å²) in [6, 6.07) is 24.8. The van der Waals surface area contributed by atoms with Crippen LogP contribution in [0.3, 0.4) is 0 Å². The monoisotopic (exact) mass is 606 g/mol. The molecule has 3 rings (SSSR count). The first kappa shape index (κ1) is 25.6. The summed E-state index contributed by atoms with van der Waals surface area (Å²) in [5.41, 5.74) is 0. The Morgan fingerprint density at radius 2 is 1.18 bits per heavy atom. The van der Waals surface area contributed by atoms with Crippen molar-refractivity contribution in [1.82, 2.24) is 0 Å². The highest BCUT2D eigenvalue weighted by atomic mass is 127. The van der Waals surface area contributed by atoms with Gasteiger partial charge in [-0.05, 0) is 53.1 Å². The van der Waals surface area contributed by atoms with Crippen molar-refractivity contribution in [2.75, 3.05) is 11.0 Å². The van der Waals surface area contributed by atoms with Crippen molar-refractivity contribution < 1.29 is 30.4 Å². The van der Waals surface area contributed by atoms with E-state index in [1.165, 1.54) is 0 Å². The normalized spacial score (nSPS) is 12.8. The Labute approximate surface area is 206 Å². The van der Waals surface area contributed by atoms with Crippen LogP contribution >= 0.6 is 32.9 Å². The lowest BCUT2D eigenvalue weighted by atomic mass is 10.4. The molecule has 0 unspecified atom stereocenters. The third-order valence-electron chi connectivity index (χ3n) is 4.48. The zero-order valence-electron chi connectivity index (χ0n) is 17.3. The zero-order valence-corrected chi connectivity index (χ0v) is 21.1. The molecule has 0 atom stereocenters. The first-order valence-electron chi connectivity index (χ1n) is 9.81. The van der Waals surface area contributed by atoms with E-state index < -0.39 is 31.7 Å². The molecule has 0 aliphatic heterocycles. The summed E-state index contributed by atoms with van der Waals surface area (Å²) in [7, 11) is -8.98. The highest BCUT2D eigenvalue weighted by Gasteiger charge is 2.58. The van der Waals surface area contributed by atoms with Crippen LogP contribution in [-0.2, 0) is 23.3 Å². The molecule has 0 amide bonds. The third kappa shape index (κ3) is 5.39. The molecule has 176 valence electrons. The number of halogens is 3. The topological polar surface area (TPSA) is 69.7 Å². The minimum atomic E-state index is -5.77. The van der Waals surface area contributed by atoms with E-state index in [0.717, 1.165) is 0 Å². The SMILES string of the molecule is O=C(OCCCI)C(F)(F)S(=O)(=O)OS(c1ccccc1)(c1ccccc1)c1ccccc1. The van der Waals surface area contributed by atoms with E-state index >= 15 is 0 Å². The second-order valence-electron chi connectivity index (χ2n) is 6.71. The molecule has 0 heterocycles. The molecular formula is C23H21F2IO5S2. The van der Waals surface area contributed by atoms with Gasteiger partial charge in [-0.3, -0.25) is 0 Å². The van der Waals surface area contributed by atoms with E-state index in [1.807, 2.05) is 22.6 Å². The van der Waals surface area contributed by atoms with Gasteiger partial charge in [-0.25, -0.2) is 8.42 Å². The summed E-state index contributed by atoms with van der Waals surface area (Å²) in [5.74, 6) is -2.16. The highest BCUT2D eigenvalue weighted by Crippen LogP contribution is 2.70. The number of esters is 1. The maximum absolute atomic E-state index is 14.9. The van der Waals surface area contributed by atoms with Crippen molar-refractivity contribution in [3.63, 3.8) is 0 Å². The predicted molar refractivity (Wildman–Crippen MR) is 131 cm³/mol. The van der Waals surface area contributed by atoms with Crippen LogP contribution in [0.5, 0.6) is 0 Å². The second-order valence-corrected chi connectivity index (χ2v) is 12.3. The first-order chi connectivity index (χ1) is 15.8. The summed E-state index contributed by atoms with van der Waals surface area (Å²) < 4.78 is 66.4. The molecule has 0 spiro atoms. The van der Waals surface area contributed by atoms with Gasteiger partial charge in [-0.1, -0.05) is 77.2 Å². The molecule has 0 saturated carbocycles. The van der Waals surface area contributed by atoms with E-state index in [0.29, 0.717) is 25.5 Å². The predicted octanol–water partition coefficient (Wildman–Crippen LogP) is 6.19. The molecule has 0 fully saturated rings. The number of carbonyl (C=O) groups is 1. The van der Waals surface area contributed by atoms with Crippen molar-refractivity contribution in [2.24, 2.45) is 0 Å². The second kappa shape index (κ2) is 10.9. The van der Waals surface area contributed by atoms with Gasteiger partial charge in [0.25, 0.3) is 0 Å². The van der Waals surface area contributed by atoms with Gasteiger partial charge >= 0.3 is 21.3 Å². The Morgan fingerprint density at radius 3 is 1.55 bits per heavy atom. The summed E-state index contributed by atoms with van der Waals surface area (Å²) in [4.78, 5) is 13.2. The van der Waals surface area contributed by atoms with Crippen molar-refractivity contribution in [1.29, 1.82) is 0 Å². The van der Waals surface area contributed by atoms with Gasteiger partial charge in [0.15, 0.2) is 0 Å². The smallest absolute Gasteiger partial charge is 0.460 e. The van der Waals surface area contributed by atoms with Crippen LogP contribution in [0.2, 0.25) is 0 Å². The zero-order chi connectivity index (χ0) is 24.0. The fourth-order valence-corrected chi connectivity index (χ4v) is 8.32. The fourth-order valence-electron chi connectivity index (χ4n) is 2.95. The molecule has 0 aliphatic rings. The lowest BCUT2D eigenvalue weighted by Gasteiger charge is -2.39. The Hall–Kier alpha value is -2.02. The molecule has 3 aromatic rings. The summed E-state index contributed by atoms with van der Waals surface area (Å²) in [6.07, 6.45) is 0.316. The molecule has 0 N–H and O–H groups in total. The average molecular weight is 606 g/mol. The third-order valence-corrected chi connectivity index (χ3v) is 10.4. The van der Waals surface area contributed by atoms with Gasteiger partial charge in [0, 0.05) is 19.1 Å². The van der Waals surface area contributed by atoms with Crippen molar-refractivity contribution in [3.05, 3.63) is 91.0 Å². The quantitative estimate of drug-likeness (QED) is 0.119. The number of hydrogen-bond donors (Lipinski definition) is 0. The van der Waals surface area contributed by atoms with Crippen LogP contribution in [-0.4, -0.2) is 30.7 Å². The van der Waals surface area contributed by atoms with Gasteiger partial charge in [0.2, 0.25) is 0 Å². The number of hydrogen-bond acceptors (Lipinski definition) is 5. The fraction of sp³-hybridized carbons (Fsp3) is 0.174. The average Bonchev–Trinajstić information content (AvgIpc) is 2.84. The number of benzene rings is 3. The van der Waals surface area contributed by atoms with E-state index in [9.17, 15) is 22.0 Å². The standard InChI is InChI=1S/C23H21F2IO5S2/c24-23(25,22(27)30-18-10-17-26)33(28,29)31-32(19-11-4-1-5-12-19,20-13-6-2-7-14-20)21-15-8-3-9-16-21/h1-9,11-16H,10,17-18H2. The van der Waals surface area contributed by atoms with Crippen LogP contribution < -0.4 is 0 Å². The van der Waals surface area contributed by atoms with Gasteiger partial charge in [-0.2, -0.15) is 17.2 Å². The Balaban J connectivity index is 2.19. The summed E-state index contributed by atoms with van der Waals surface area (Å²) >= 11 is 1.99. The molecule has 33 heavy (non-hydrogen) atoms. The first-order valence-corrected chi connectivity index (χ1v) is 14.3. The summed E-state index contributed by atoms with van der Waals surface area (Å²) in [5, 5.41) is -4.89. The maximum Gasteiger partial charge on any atom is 0.466 e. The molecule has 0 bridgehead atoms. The van der Waals surface area contributed by atoms with E-state index in [2.05, 4.69) is 4.74 Å². The highest BCUT2D eigenvalue weighted by molar-refractivity contribution is 14.1. The van der Waals surface area contributed by atoms with E-state index in [1.54, 1.807) is 91.0 Å². The minimum Gasteiger partial charge on any atom is -0.460 e. The van der Waals surface area contributed by atoms with Crippen LogP contribution in [0.25, 0.3) is 0 Å². The molecule has 0 aromatic heterocycles. The molecular weight excluding hydrogens is 585 g/mol. The molecule has 0 saturated heterocycles. The largest absolute Gasteiger partial charge is 0.466 e. The molecule has 0 radical (unpaired) electrons. The number of rotatable bonds is 10. The van der Waals surface area contributed by atoms with Gasteiger partial charge in [0.05, 0.1) is 6.61 Å². The Morgan fingerprint density at radius 1 is 0.788 bits per heavy atom. The van der Waals surface area contributed by atoms with Crippen LogP contribution in [0.4, 0.5) is 8.78 Å². The Kier molecular flexibility index (Phi) is 8.48. The molecule has 0 aliphatic carbocycles. The van der Waals surface area contributed by atoms with E-state index in [-0.39, 0.29) is 6.61 Å². The van der Waals surface area contributed by atoms with Crippen molar-refractivity contribution >= 4 is 49.0 Å². The van der Waals surface area contributed by atoms with Gasteiger partial charge in [0.1, 0.15) is 0 Å². The molecule has 5 nitrogen and oxygen atoms in total. The Bertz CT molecular complexity index is 1060. The number of alkyl halides is 3. The van der Waals surface area contributed by atoms with Crippen LogP contribution in [0.15, 0.2) is 106 Å². The van der Waals surface area contributed by atoms with E-state index in [4.69, 9.17) is 3.63 Å². The van der Waals surface area contributed by atoms with Crippen LogP contribution in [0, 0.1) is 0 Å². The number of carbonyl (C=O) groups excluding carboxylic acids is 1. The molecule has 10 heteroatoms. The van der Waals surface area contributed by atoms with Crippen molar-refractivity contribution in [3.8, 4) is 0 Å². The van der Waals surface area contributed by atoms with Crippen molar-refractivity contribution in [2.45, 2.75) is 26.4 Å². The maximum atomic E-state index is 14.9. The van der Waals surface area contributed by atoms with Gasteiger partial charge in [-0.15, -0.1) is 0 Å². The molecule has 3 aromatic carbocycles. The lowest BCUT2D eigenvalue weighted by Crippen LogP contribution is -2.41. The summed E-state index contributed by atoms with van der Waals surface area (Å²) in [6.45, 7) is -0.319. The minimum absolute atomic E-state index is 0.316. The van der Waals surface area contributed by atoms with Crippen LogP contribution in [0.1, 0.15) is 6.42 Å². The van der Waals surface area contributed by atoms with Gasteiger partial charge < -0.3 is 4.74 Å². The number of ether oxygens (including phenoxy) is 1. The lowest BCUT2D eigenvalue weighted by molar-refractivity contribution is -0.161.